The van der Waals surface area contributed by atoms with Gasteiger partial charge in [-0.25, -0.2) is 13.9 Å². The summed E-state index contributed by atoms with van der Waals surface area (Å²) in [5.74, 6) is 0.317. The molecule has 4 heterocycles. The van der Waals surface area contributed by atoms with E-state index in [1.54, 1.807) is 16.8 Å². The number of aromatic nitrogens is 3. The van der Waals surface area contributed by atoms with Crippen LogP contribution in [0.1, 0.15) is 24.5 Å². The summed E-state index contributed by atoms with van der Waals surface area (Å²) in [6.07, 6.45) is 5.98. The smallest absolute Gasteiger partial charge is 0.217 e. The molecule has 1 aromatic carbocycles. The minimum absolute atomic E-state index is 0.0325. The number of nitrogens with one attached hydrogen (secondary N) is 1. The van der Waals surface area contributed by atoms with Gasteiger partial charge in [0.2, 0.25) is 5.91 Å². The second-order valence-electron chi connectivity index (χ2n) is 8.45. The van der Waals surface area contributed by atoms with Crippen LogP contribution in [0.2, 0.25) is 0 Å². The quantitative estimate of drug-likeness (QED) is 0.441. The van der Waals surface area contributed by atoms with E-state index in [0.29, 0.717) is 27.4 Å². The summed E-state index contributed by atoms with van der Waals surface area (Å²) in [4.78, 5) is 19.4. The highest BCUT2D eigenvalue weighted by atomic mass is 32.2. The van der Waals surface area contributed by atoms with Gasteiger partial charge in [0.1, 0.15) is 23.8 Å². The molecule has 1 N–H and O–H groups in total. The second kappa shape index (κ2) is 9.68. The number of rotatable bonds is 5. The SMILES string of the molecule is CC(=O)NC1CCN(c2ccc(-c3cc(Sc4ccc(F)cc4C#N)c4c(C#N)cnn4c3)cn2)C1. The number of pyridine rings is 2. The number of hydrogen-bond donors (Lipinski definition) is 1. The van der Waals surface area contributed by atoms with Crippen LogP contribution in [0.3, 0.4) is 0 Å². The highest BCUT2D eigenvalue weighted by Crippen LogP contribution is 2.37. The molecule has 0 saturated carbocycles. The predicted molar refractivity (Wildman–Crippen MR) is 133 cm³/mol. The van der Waals surface area contributed by atoms with E-state index in [4.69, 9.17) is 0 Å². The first-order chi connectivity index (χ1) is 17.4. The molecule has 0 radical (unpaired) electrons. The Labute approximate surface area is 211 Å². The Bertz CT molecular complexity index is 1550. The maximum atomic E-state index is 13.7. The number of halogens is 1. The van der Waals surface area contributed by atoms with Gasteiger partial charge in [-0.2, -0.15) is 15.6 Å². The molecule has 1 unspecified atom stereocenters. The van der Waals surface area contributed by atoms with Crippen molar-refractivity contribution in [1.29, 1.82) is 10.5 Å². The molecular weight excluding hydrogens is 477 g/mol. The summed E-state index contributed by atoms with van der Waals surface area (Å²) in [6, 6.07) is 14.2. The highest BCUT2D eigenvalue weighted by Gasteiger charge is 2.24. The molecule has 1 fully saturated rings. The molecule has 1 atom stereocenters. The van der Waals surface area contributed by atoms with Gasteiger partial charge in [0.05, 0.1) is 22.8 Å². The van der Waals surface area contributed by atoms with Crippen molar-refractivity contribution in [2.45, 2.75) is 29.2 Å². The van der Waals surface area contributed by atoms with E-state index >= 15 is 0 Å². The first-order valence-electron chi connectivity index (χ1n) is 11.2. The van der Waals surface area contributed by atoms with Gasteiger partial charge in [-0.3, -0.25) is 4.79 Å². The molecule has 5 rings (SSSR count). The Kier molecular flexibility index (Phi) is 6.28. The number of anilines is 1. The standard InChI is InChI=1S/C26H20FN7OS/c1-16(35)32-22-6-7-33(15-22)25-5-2-17(12-30-25)19-9-24(26-20(11-29)13-31-34(26)14-19)36-23-4-3-21(27)8-18(23)10-28/h2-5,8-9,12-14,22H,6-7,15H2,1H3,(H,32,35). The molecule has 36 heavy (non-hydrogen) atoms. The monoisotopic (exact) mass is 497 g/mol. The summed E-state index contributed by atoms with van der Waals surface area (Å²) in [7, 11) is 0. The third-order valence-electron chi connectivity index (χ3n) is 5.98. The topological polar surface area (TPSA) is 110 Å². The van der Waals surface area contributed by atoms with Crippen LogP contribution in [-0.2, 0) is 4.79 Å². The van der Waals surface area contributed by atoms with E-state index in [1.807, 2.05) is 30.5 Å². The molecule has 10 heteroatoms. The molecule has 0 spiro atoms. The number of hydrogen-bond acceptors (Lipinski definition) is 7. The lowest BCUT2D eigenvalue weighted by molar-refractivity contribution is -0.119. The van der Waals surface area contributed by atoms with Crippen molar-refractivity contribution in [3.8, 4) is 23.3 Å². The van der Waals surface area contributed by atoms with Crippen molar-refractivity contribution < 1.29 is 9.18 Å². The van der Waals surface area contributed by atoms with Crippen molar-refractivity contribution in [1.82, 2.24) is 19.9 Å². The lowest BCUT2D eigenvalue weighted by Crippen LogP contribution is -2.35. The molecule has 1 amide bonds. The van der Waals surface area contributed by atoms with Crippen LogP contribution >= 0.6 is 11.8 Å². The van der Waals surface area contributed by atoms with Crippen LogP contribution in [0, 0.1) is 28.5 Å². The minimum atomic E-state index is -0.482. The van der Waals surface area contributed by atoms with Gasteiger partial charge in [0, 0.05) is 59.4 Å². The summed E-state index contributed by atoms with van der Waals surface area (Å²) < 4.78 is 15.3. The lowest BCUT2D eigenvalue weighted by atomic mass is 10.1. The van der Waals surface area contributed by atoms with Gasteiger partial charge in [0.15, 0.2) is 0 Å². The van der Waals surface area contributed by atoms with Crippen LogP contribution in [-0.4, -0.2) is 39.6 Å². The molecule has 1 saturated heterocycles. The lowest BCUT2D eigenvalue weighted by Gasteiger charge is -2.18. The van der Waals surface area contributed by atoms with Gasteiger partial charge in [-0.15, -0.1) is 0 Å². The molecule has 3 aromatic heterocycles. The third kappa shape index (κ3) is 4.59. The van der Waals surface area contributed by atoms with E-state index in [9.17, 15) is 19.7 Å². The average Bonchev–Trinajstić information content (AvgIpc) is 3.51. The van der Waals surface area contributed by atoms with E-state index in [0.717, 1.165) is 29.9 Å². The van der Waals surface area contributed by atoms with Gasteiger partial charge in [-0.05, 0) is 42.8 Å². The maximum Gasteiger partial charge on any atom is 0.217 e. The van der Waals surface area contributed by atoms with Gasteiger partial charge < -0.3 is 10.2 Å². The Hall–Kier alpha value is -4.41. The van der Waals surface area contributed by atoms with Crippen molar-refractivity contribution in [3.05, 3.63) is 71.9 Å². The zero-order chi connectivity index (χ0) is 25.2. The Morgan fingerprint density at radius 3 is 2.67 bits per heavy atom. The molecule has 0 aliphatic carbocycles. The summed E-state index contributed by atoms with van der Waals surface area (Å²) in [5, 5.41) is 26.4. The van der Waals surface area contributed by atoms with E-state index in [1.165, 1.54) is 37.0 Å². The zero-order valence-electron chi connectivity index (χ0n) is 19.3. The first-order valence-corrected chi connectivity index (χ1v) is 12.0. The molecule has 1 aliphatic rings. The number of nitrogens with zero attached hydrogens (tertiary/aromatic N) is 6. The van der Waals surface area contributed by atoms with E-state index in [2.05, 4.69) is 26.4 Å². The Morgan fingerprint density at radius 1 is 1.11 bits per heavy atom. The molecule has 4 aromatic rings. The third-order valence-corrected chi connectivity index (χ3v) is 7.09. The van der Waals surface area contributed by atoms with E-state index in [-0.39, 0.29) is 17.5 Å². The van der Waals surface area contributed by atoms with Gasteiger partial charge >= 0.3 is 0 Å². The highest BCUT2D eigenvalue weighted by molar-refractivity contribution is 7.99. The van der Waals surface area contributed by atoms with Crippen molar-refractivity contribution in [3.63, 3.8) is 0 Å². The maximum absolute atomic E-state index is 13.7. The van der Waals surface area contributed by atoms with Crippen molar-refractivity contribution >= 4 is 29.0 Å². The number of amides is 1. The van der Waals surface area contributed by atoms with Crippen molar-refractivity contribution in [2.75, 3.05) is 18.0 Å². The number of nitriles is 2. The summed E-state index contributed by atoms with van der Waals surface area (Å²) in [5.41, 5.74) is 2.92. The fourth-order valence-corrected chi connectivity index (χ4v) is 5.39. The number of fused-ring (bicyclic) bond motifs is 1. The Balaban J connectivity index is 1.48. The van der Waals surface area contributed by atoms with Crippen LogP contribution in [0.25, 0.3) is 16.6 Å². The molecule has 178 valence electrons. The Morgan fingerprint density at radius 2 is 1.94 bits per heavy atom. The second-order valence-corrected chi connectivity index (χ2v) is 9.53. The normalized spacial score (nSPS) is 15.0. The van der Waals surface area contributed by atoms with Crippen LogP contribution in [0.5, 0.6) is 0 Å². The molecular formula is C26H20FN7OS. The van der Waals surface area contributed by atoms with Crippen molar-refractivity contribution in [2.24, 2.45) is 0 Å². The van der Waals surface area contributed by atoms with Gasteiger partial charge in [-0.1, -0.05) is 11.8 Å². The number of carbonyl (C=O) groups is 1. The molecule has 1 aliphatic heterocycles. The van der Waals surface area contributed by atoms with Crippen LogP contribution in [0.15, 0.2) is 64.8 Å². The summed E-state index contributed by atoms with van der Waals surface area (Å²) >= 11 is 1.28. The summed E-state index contributed by atoms with van der Waals surface area (Å²) in [6.45, 7) is 3.05. The van der Waals surface area contributed by atoms with E-state index < -0.39 is 5.82 Å². The zero-order valence-corrected chi connectivity index (χ0v) is 20.1. The largest absolute Gasteiger partial charge is 0.354 e. The average molecular weight is 498 g/mol. The van der Waals surface area contributed by atoms with Gasteiger partial charge in [0.25, 0.3) is 0 Å². The van der Waals surface area contributed by atoms with Crippen LogP contribution in [0.4, 0.5) is 10.2 Å². The molecule has 8 nitrogen and oxygen atoms in total. The molecule has 0 bridgehead atoms. The number of carbonyl (C=O) groups excluding carboxylic acids is 1. The first kappa shape index (κ1) is 23.3. The fourth-order valence-electron chi connectivity index (χ4n) is 4.32. The number of benzene rings is 1. The fraction of sp³-hybridized carbons (Fsp3) is 0.192. The minimum Gasteiger partial charge on any atom is -0.354 e. The predicted octanol–water partition coefficient (Wildman–Crippen LogP) is 4.14. The van der Waals surface area contributed by atoms with Crippen LogP contribution < -0.4 is 10.2 Å².